The van der Waals surface area contributed by atoms with E-state index in [4.69, 9.17) is 0 Å². The molecule has 8 heterocycles. The van der Waals surface area contributed by atoms with Crippen molar-refractivity contribution in [3.05, 3.63) is 460 Å². The third-order valence-electron chi connectivity index (χ3n) is 28.4. The molecule has 4 aliphatic heterocycles. The van der Waals surface area contributed by atoms with E-state index in [1.807, 2.05) is 0 Å². The Morgan fingerprint density at radius 3 is 0.906 bits per heavy atom. The van der Waals surface area contributed by atoms with E-state index in [0.29, 0.717) is 0 Å². The molecule has 0 amide bonds. The number of benzene rings is 20. The third-order valence-corrected chi connectivity index (χ3v) is 28.4. The van der Waals surface area contributed by atoms with Crippen LogP contribution in [0.5, 0.6) is 0 Å². The van der Waals surface area contributed by atoms with Crippen LogP contribution in [0.1, 0.15) is 17.2 Å². The van der Waals surface area contributed by atoms with Gasteiger partial charge in [0.15, 0.2) is 0 Å². The number of fused-ring (bicyclic) bond motifs is 19. The second kappa shape index (κ2) is 27.5. The molecule has 0 fully saturated rings. The summed E-state index contributed by atoms with van der Waals surface area (Å²) in [6.45, 7) is -0.274. The Morgan fingerprint density at radius 1 is 0.180 bits per heavy atom. The maximum Gasteiger partial charge on any atom is 0.333 e. The summed E-state index contributed by atoms with van der Waals surface area (Å²) in [6, 6.07) is 170. The van der Waals surface area contributed by atoms with Gasteiger partial charge < -0.3 is 18.2 Å². The molecule has 24 aromatic rings. The minimum Gasteiger partial charge on any atom is -0.374 e. The zero-order chi connectivity index (χ0) is 83.5. The van der Waals surface area contributed by atoms with Crippen molar-refractivity contribution < 1.29 is 0 Å². The maximum atomic E-state index is 2.86. The average Bonchev–Trinajstić information content (AvgIpc) is 1.48. The lowest BCUT2D eigenvalue weighted by Gasteiger charge is -2.36. The van der Waals surface area contributed by atoms with Crippen molar-refractivity contribution in [1.82, 2.24) is 18.2 Å². The van der Waals surface area contributed by atoms with Crippen LogP contribution < -0.4 is 10.9 Å². The fourth-order valence-electron chi connectivity index (χ4n) is 22.8. The molecule has 128 heavy (non-hydrogen) atoms. The molecule has 4 aromatic heterocycles. The molecule has 4 nitrogen and oxygen atoms in total. The SMILES string of the molecule is c1ccc(-c2cc(-c3ccccc3)cc(-c3ccc4c(c3)c3cc(-c5cc(-c6ccccc6)cc(-c6ccccc6)c5)cc5c3n4-c3cccc4c3B5n3c5c-4cccc5c4c3c3cccc5c3n4C3c4c-5cccc4-n4c5ccc(-c6cc(-c7ccccc7)cc(-c7ccccc7)c6)cc5c5cc(-c6cc(-c7ccccc7)cc(-c7ccccc7)c6)cc3c54)c2)cc1. The predicted molar refractivity (Wildman–Crippen MR) is 537 cm³/mol. The van der Waals surface area contributed by atoms with Gasteiger partial charge in [-0.15, -0.1) is 0 Å². The Morgan fingerprint density at radius 2 is 0.492 bits per heavy atom. The monoisotopic (exact) mass is 1620 g/mol. The first-order valence-electron chi connectivity index (χ1n) is 44.6. The van der Waals surface area contributed by atoms with Gasteiger partial charge in [-0.3, -0.25) is 0 Å². The topological polar surface area (TPSA) is 19.7 Å². The molecule has 4 aliphatic rings. The molecule has 1 unspecified atom stereocenters. The minimum atomic E-state index is -0.274. The predicted octanol–water partition coefficient (Wildman–Crippen LogP) is 30.8. The molecule has 590 valence electrons. The van der Waals surface area contributed by atoms with E-state index in [-0.39, 0.29) is 12.9 Å². The highest BCUT2D eigenvalue weighted by atomic mass is 15.1. The number of para-hydroxylation sites is 2. The molecule has 28 rings (SSSR count). The smallest absolute Gasteiger partial charge is 0.333 e. The lowest BCUT2D eigenvalue weighted by atomic mass is 9.45. The van der Waals surface area contributed by atoms with Crippen molar-refractivity contribution in [3.8, 4) is 167 Å². The molecule has 1 atom stereocenters. The lowest BCUT2D eigenvalue weighted by molar-refractivity contribution is 0.711. The molecule has 0 saturated heterocycles. The Balaban J connectivity index is 0.722. The molecule has 0 saturated carbocycles. The number of hydrogen-bond donors (Lipinski definition) is 0. The first-order valence-corrected chi connectivity index (χ1v) is 44.6. The van der Waals surface area contributed by atoms with Gasteiger partial charge in [-0.05, 0) is 283 Å². The molecular weight excluding hydrogens is 1540 g/mol. The highest BCUT2D eigenvalue weighted by Crippen LogP contribution is 2.59. The van der Waals surface area contributed by atoms with Crippen LogP contribution >= 0.6 is 0 Å². The molecule has 0 N–H and O–H groups in total. The zero-order valence-corrected chi connectivity index (χ0v) is 69.7. The number of aromatic nitrogens is 4. The zero-order valence-electron chi connectivity index (χ0n) is 69.7. The molecule has 0 spiro atoms. The van der Waals surface area contributed by atoms with Gasteiger partial charge >= 0.3 is 6.85 Å². The molecule has 0 bridgehead atoms. The highest BCUT2D eigenvalue weighted by Gasteiger charge is 2.46. The van der Waals surface area contributed by atoms with Crippen LogP contribution in [0.15, 0.2) is 449 Å². The molecule has 5 heteroatoms. The van der Waals surface area contributed by atoms with Gasteiger partial charge in [0.25, 0.3) is 0 Å². The van der Waals surface area contributed by atoms with E-state index in [9.17, 15) is 0 Å². The van der Waals surface area contributed by atoms with Gasteiger partial charge in [0, 0.05) is 65.8 Å². The summed E-state index contributed by atoms with van der Waals surface area (Å²) in [6.07, 6.45) is 0. The van der Waals surface area contributed by atoms with Crippen molar-refractivity contribution in [1.29, 1.82) is 0 Å². The van der Waals surface area contributed by atoms with Crippen LogP contribution in [0.2, 0.25) is 0 Å². The molecule has 0 radical (unpaired) electrons. The fraction of sp³-hybridized carbons (Fsp3) is 0.00813. The normalized spacial score (nSPS) is 13.1. The number of hydrogen-bond acceptors (Lipinski definition) is 0. The van der Waals surface area contributed by atoms with Crippen LogP contribution in [-0.2, 0) is 0 Å². The van der Waals surface area contributed by atoms with Crippen LogP contribution in [0, 0.1) is 0 Å². The van der Waals surface area contributed by atoms with Gasteiger partial charge in [0.1, 0.15) is 0 Å². The number of nitrogens with zero attached hydrogens (tertiary/aromatic N) is 4. The van der Waals surface area contributed by atoms with E-state index in [2.05, 4.69) is 467 Å². The van der Waals surface area contributed by atoms with Crippen LogP contribution in [0.25, 0.3) is 244 Å². The largest absolute Gasteiger partial charge is 0.374 e. The first-order chi connectivity index (χ1) is 63.5. The summed E-state index contributed by atoms with van der Waals surface area (Å²) in [7, 11) is 0. The molecule has 0 aliphatic carbocycles. The van der Waals surface area contributed by atoms with Crippen LogP contribution in [-0.4, -0.2) is 25.0 Å². The van der Waals surface area contributed by atoms with E-state index >= 15 is 0 Å². The van der Waals surface area contributed by atoms with E-state index < -0.39 is 0 Å². The van der Waals surface area contributed by atoms with Crippen LogP contribution in [0.4, 0.5) is 0 Å². The van der Waals surface area contributed by atoms with Crippen molar-refractivity contribution in [2.24, 2.45) is 0 Å². The second-order valence-corrected chi connectivity index (χ2v) is 35.3. The first kappa shape index (κ1) is 70.9. The van der Waals surface area contributed by atoms with E-state index in [1.54, 1.807) is 0 Å². The Hall–Kier alpha value is -16.6. The summed E-state index contributed by atoms with van der Waals surface area (Å²) in [5, 5.41) is 7.36. The van der Waals surface area contributed by atoms with Crippen LogP contribution in [0.3, 0.4) is 0 Å². The summed E-state index contributed by atoms with van der Waals surface area (Å²) < 4.78 is 11.0. The van der Waals surface area contributed by atoms with Gasteiger partial charge in [-0.2, -0.15) is 0 Å². The van der Waals surface area contributed by atoms with Crippen molar-refractivity contribution in [2.45, 2.75) is 6.04 Å². The standard InChI is InChI=1S/C123H75BN4/c1-9-29-75(30-10-1)85-57-86(76-31-11-2-12-32-76)62-93(61-85)83-53-55-111-105(69-83)107-71-97(95-65-89(79-37-17-5-18-38-79)59-90(66-95)80-39-19-6-20-40-80)73-109-118(107)125(111)113-51-27-45-99-101-47-25-49-103-117(101)127(121(109)115(99)113)122-104-50-26-48-102-100-46-28-52-114-116(100)124(128(119(102)104)123(103)122)110-74-98(96-67-91(81-41-21-7-22-42-81)60-92(68-96)82-43-23-8-24-44-82)72-108-106-70-84(54-56-112(106)126(114)120(108)110)94-63-87(77-33-13-3-14-34-77)58-88(64-94)78-35-15-4-16-36-78/h1-74,121H. The third kappa shape index (κ3) is 10.5. The quantitative estimate of drug-likeness (QED) is 0.109. The fourth-order valence-corrected chi connectivity index (χ4v) is 22.8. The van der Waals surface area contributed by atoms with E-state index in [1.165, 1.54) is 266 Å². The van der Waals surface area contributed by atoms with Gasteiger partial charge in [-0.1, -0.05) is 322 Å². The maximum absolute atomic E-state index is 2.86. The molecular formula is C123H75BN4. The van der Waals surface area contributed by atoms with Crippen molar-refractivity contribution in [3.63, 3.8) is 0 Å². The molecule has 20 aromatic carbocycles. The Labute approximate surface area is 740 Å². The van der Waals surface area contributed by atoms with Gasteiger partial charge in [0.05, 0.1) is 50.3 Å². The summed E-state index contributed by atoms with van der Waals surface area (Å²) in [4.78, 5) is 0. The van der Waals surface area contributed by atoms with Gasteiger partial charge in [0.2, 0.25) is 0 Å². The van der Waals surface area contributed by atoms with E-state index in [0.717, 1.165) is 0 Å². The Bertz CT molecular complexity index is 8080. The lowest BCUT2D eigenvalue weighted by Crippen LogP contribution is -2.55. The van der Waals surface area contributed by atoms with Gasteiger partial charge in [-0.25, -0.2) is 0 Å². The van der Waals surface area contributed by atoms with Crippen molar-refractivity contribution >= 4 is 94.2 Å². The summed E-state index contributed by atoms with van der Waals surface area (Å²) >= 11 is 0. The minimum absolute atomic E-state index is 0.274. The highest BCUT2D eigenvalue weighted by molar-refractivity contribution is 6.90. The average molecular weight is 1620 g/mol. The summed E-state index contributed by atoms with van der Waals surface area (Å²) in [5.74, 6) is 0. The number of rotatable bonds is 12. The summed E-state index contributed by atoms with van der Waals surface area (Å²) in [5.41, 5.74) is 50.7. The Kier molecular flexibility index (Phi) is 15.2. The van der Waals surface area contributed by atoms with Crippen molar-refractivity contribution in [2.75, 3.05) is 0 Å². The second-order valence-electron chi connectivity index (χ2n) is 35.3.